The molecule has 2 amide bonds. The van der Waals surface area contributed by atoms with Crippen LogP contribution in [0.25, 0.3) is 0 Å². The molecule has 2 heterocycles. The van der Waals surface area contributed by atoms with E-state index in [9.17, 15) is 14.0 Å². The molecule has 1 aliphatic heterocycles. The molecule has 1 unspecified atom stereocenters. The Morgan fingerprint density at radius 3 is 2.56 bits per heavy atom. The molecule has 188 valence electrons. The van der Waals surface area contributed by atoms with Gasteiger partial charge in [0.15, 0.2) is 0 Å². The lowest BCUT2D eigenvalue weighted by molar-refractivity contribution is -0.152. The summed E-state index contributed by atoms with van der Waals surface area (Å²) in [5.74, 6) is -0.224. The Kier molecular flexibility index (Phi) is 7.95. The summed E-state index contributed by atoms with van der Waals surface area (Å²) in [5, 5.41) is 0. The molecule has 7 nitrogen and oxygen atoms in total. The molecule has 1 atom stereocenters. The van der Waals surface area contributed by atoms with E-state index in [1.54, 1.807) is 35.2 Å². The van der Waals surface area contributed by atoms with E-state index in [-0.39, 0.29) is 43.8 Å². The van der Waals surface area contributed by atoms with Gasteiger partial charge in [-0.05, 0) is 48.9 Å². The van der Waals surface area contributed by atoms with E-state index < -0.39 is 5.60 Å². The molecule has 0 radical (unpaired) electrons. The normalized spacial score (nSPS) is 17.5. The predicted molar refractivity (Wildman–Crippen MR) is 133 cm³/mol. The number of hydrogen-bond donors (Lipinski definition) is 0. The first-order chi connectivity index (χ1) is 17.3. The highest BCUT2D eigenvalue weighted by Crippen LogP contribution is 2.27. The van der Waals surface area contributed by atoms with Gasteiger partial charge in [-0.1, -0.05) is 30.3 Å². The number of pyridine rings is 1. The molecular weight excluding hydrogens is 461 g/mol. The average molecular weight is 492 g/mol. The minimum atomic E-state index is -1.07. The monoisotopic (exact) mass is 491 g/mol. The Morgan fingerprint density at radius 2 is 1.86 bits per heavy atom. The summed E-state index contributed by atoms with van der Waals surface area (Å²) in [5.41, 5.74) is 1.24. The SMILES string of the molecule is Cc1ccc(C(=O)N2CCOC(COc3ccc(F)cc3)(CC(=O)N(C)Cc3ccccc3)C2)cn1. The minimum Gasteiger partial charge on any atom is -0.490 e. The maximum absolute atomic E-state index is 13.3. The van der Waals surface area contributed by atoms with E-state index in [0.717, 1.165) is 11.3 Å². The molecule has 36 heavy (non-hydrogen) atoms. The third kappa shape index (κ3) is 6.46. The van der Waals surface area contributed by atoms with Crippen LogP contribution in [-0.4, -0.2) is 65.6 Å². The zero-order valence-corrected chi connectivity index (χ0v) is 20.5. The smallest absolute Gasteiger partial charge is 0.255 e. The van der Waals surface area contributed by atoms with Crippen LogP contribution in [0.3, 0.4) is 0 Å². The Labute approximate surface area is 210 Å². The summed E-state index contributed by atoms with van der Waals surface area (Å²) in [6.45, 7) is 3.16. The van der Waals surface area contributed by atoms with Crippen molar-refractivity contribution in [3.8, 4) is 5.75 Å². The van der Waals surface area contributed by atoms with Crippen molar-refractivity contribution in [2.24, 2.45) is 0 Å². The third-order valence-electron chi connectivity index (χ3n) is 6.17. The molecule has 8 heteroatoms. The highest BCUT2D eigenvalue weighted by atomic mass is 19.1. The van der Waals surface area contributed by atoms with Crippen LogP contribution in [0.5, 0.6) is 5.75 Å². The van der Waals surface area contributed by atoms with Crippen molar-refractivity contribution in [2.45, 2.75) is 25.5 Å². The van der Waals surface area contributed by atoms with Crippen LogP contribution >= 0.6 is 0 Å². The number of morpholine rings is 1. The highest BCUT2D eigenvalue weighted by Gasteiger charge is 2.42. The predicted octanol–water partition coefficient (Wildman–Crippen LogP) is 3.87. The summed E-state index contributed by atoms with van der Waals surface area (Å²) >= 11 is 0. The fraction of sp³-hybridized carbons (Fsp3) is 0.321. The Hall–Kier alpha value is -3.78. The largest absolute Gasteiger partial charge is 0.490 e. The molecule has 1 fully saturated rings. The maximum atomic E-state index is 13.3. The fourth-order valence-corrected chi connectivity index (χ4v) is 4.14. The molecule has 0 spiro atoms. The van der Waals surface area contributed by atoms with Gasteiger partial charge in [0.2, 0.25) is 5.91 Å². The first-order valence-electron chi connectivity index (χ1n) is 11.9. The van der Waals surface area contributed by atoms with Crippen LogP contribution in [0.4, 0.5) is 4.39 Å². The number of aryl methyl sites for hydroxylation is 1. The second-order valence-corrected chi connectivity index (χ2v) is 9.10. The summed E-state index contributed by atoms with van der Waals surface area (Å²) in [6, 6.07) is 18.9. The van der Waals surface area contributed by atoms with Gasteiger partial charge in [-0.25, -0.2) is 4.39 Å². The van der Waals surface area contributed by atoms with E-state index in [0.29, 0.717) is 24.4 Å². The molecular formula is C28H30FN3O4. The molecule has 2 aromatic carbocycles. The van der Waals surface area contributed by atoms with Crippen molar-refractivity contribution >= 4 is 11.8 Å². The third-order valence-corrected chi connectivity index (χ3v) is 6.17. The second kappa shape index (κ2) is 11.3. The zero-order chi connectivity index (χ0) is 25.5. The van der Waals surface area contributed by atoms with Gasteiger partial charge < -0.3 is 19.3 Å². The fourth-order valence-electron chi connectivity index (χ4n) is 4.14. The van der Waals surface area contributed by atoms with E-state index >= 15 is 0 Å². The molecule has 3 aromatic rings. The Bertz CT molecular complexity index is 1170. The van der Waals surface area contributed by atoms with Crippen molar-refractivity contribution in [1.82, 2.24) is 14.8 Å². The van der Waals surface area contributed by atoms with Gasteiger partial charge in [0.1, 0.15) is 23.8 Å². The summed E-state index contributed by atoms with van der Waals surface area (Å²) in [6.07, 6.45) is 1.58. The quantitative estimate of drug-likeness (QED) is 0.479. The van der Waals surface area contributed by atoms with Crippen LogP contribution in [0.15, 0.2) is 72.9 Å². The number of ether oxygens (including phenoxy) is 2. The Balaban J connectivity index is 1.52. The maximum Gasteiger partial charge on any atom is 0.255 e. The number of benzene rings is 2. The number of amides is 2. The number of carbonyl (C=O) groups excluding carboxylic acids is 2. The second-order valence-electron chi connectivity index (χ2n) is 9.10. The van der Waals surface area contributed by atoms with Crippen LogP contribution < -0.4 is 4.74 Å². The van der Waals surface area contributed by atoms with Gasteiger partial charge in [0.25, 0.3) is 5.91 Å². The molecule has 0 N–H and O–H groups in total. The molecule has 1 aromatic heterocycles. The topological polar surface area (TPSA) is 72.0 Å². The van der Waals surface area contributed by atoms with E-state index in [4.69, 9.17) is 9.47 Å². The number of hydrogen-bond acceptors (Lipinski definition) is 5. The molecule has 4 rings (SSSR count). The number of nitrogens with zero attached hydrogens (tertiary/aromatic N) is 3. The molecule has 0 aliphatic carbocycles. The van der Waals surface area contributed by atoms with Crippen molar-refractivity contribution in [1.29, 1.82) is 0 Å². The van der Waals surface area contributed by atoms with Crippen LogP contribution in [0, 0.1) is 12.7 Å². The lowest BCUT2D eigenvalue weighted by atomic mass is 9.96. The van der Waals surface area contributed by atoms with Gasteiger partial charge in [0.05, 0.1) is 25.1 Å². The van der Waals surface area contributed by atoms with Crippen molar-refractivity contribution in [3.05, 3.63) is 95.6 Å². The lowest BCUT2D eigenvalue weighted by Crippen LogP contribution is -2.58. The summed E-state index contributed by atoms with van der Waals surface area (Å²) in [7, 11) is 1.74. The first-order valence-corrected chi connectivity index (χ1v) is 11.9. The Morgan fingerprint density at radius 1 is 1.11 bits per heavy atom. The van der Waals surface area contributed by atoms with E-state index in [1.807, 2.05) is 37.3 Å². The van der Waals surface area contributed by atoms with Crippen LogP contribution in [0.2, 0.25) is 0 Å². The van der Waals surface area contributed by atoms with E-state index in [2.05, 4.69) is 4.98 Å². The van der Waals surface area contributed by atoms with Crippen LogP contribution in [0.1, 0.15) is 28.0 Å². The zero-order valence-electron chi connectivity index (χ0n) is 20.5. The average Bonchev–Trinajstić information content (AvgIpc) is 2.89. The van der Waals surface area contributed by atoms with Crippen molar-refractivity contribution in [3.63, 3.8) is 0 Å². The minimum absolute atomic E-state index is 0.0213. The lowest BCUT2D eigenvalue weighted by Gasteiger charge is -2.42. The number of rotatable bonds is 8. The number of aromatic nitrogens is 1. The summed E-state index contributed by atoms with van der Waals surface area (Å²) in [4.78, 5) is 34.1. The van der Waals surface area contributed by atoms with Gasteiger partial charge >= 0.3 is 0 Å². The highest BCUT2D eigenvalue weighted by molar-refractivity contribution is 5.94. The standard InChI is InChI=1S/C28H30FN3O4/c1-21-8-9-23(17-30-21)27(34)32-14-15-36-28(19-32,20-35-25-12-10-24(29)11-13-25)16-26(33)31(2)18-22-6-4-3-5-7-22/h3-13,17H,14-16,18-20H2,1-2H3. The molecule has 0 bridgehead atoms. The number of halogens is 1. The first kappa shape index (κ1) is 25.3. The van der Waals surface area contributed by atoms with Gasteiger partial charge in [-0.2, -0.15) is 0 Å². The van der Waals surface area contributed by atoms with Crippen molar-refractivity contribution < 1.29 is 23.5 Å². The van der Waals surface area contributed by atoms with Crippen LogP contribution in [-0.2, 0) is 16.1 Å². The van der Waals surface area contributed by atoms with Gasteiger partial charge in [-0.15, -0.1) is 0 Å². The molecule has 0 saturated carbocycles. The molecule has 1 saturated heterocycles. The van der Waals surface area contributed by atoms with E-state index in [1.165, 1.54) is 24.3 Å². The summed E-state index contributed by atoms with van der Waals surface area (Å²) < 4.78 is 25.4. The van der Waals surface area contributed by atoms with Gasteiger partial charge in [0, 0.05) is 32.0 Å². The van der Waals surface area contributed by atoms with Gasteiger partial charge in [-0.3, -0.25) is 14.6 Å². The molecule has 1 aliphatic rings. The number of carbonyl (C=O) groups is 2. The van der Waals surface area contributed by atoms with Crippen molar-refractivity contribution in [2.75, 3.05) is 33.4 Å².